The summed E-state index contributed by atoms with van der Waals surface area (Å²) in [6.07, 6.45) is 3.77. The summed E-state index contributed by atoms with van der Waals surface area (Å²) < 4.78 is 5.37. The number of anilines is 2. The molecule has 1 aromatic carbocycles. The van der Waals surface area contributed by atoms with Crippen molar-refractivity contribution in [3.63, 3.8) is 0 Å². The van der Waals surface area contributed by atoms with E-state index >= 15 is 0 Å². The highest BCUT2D eigenvalue weighted by atomic mass is 16.5. The lowest BCUT2D eigenvalue weighted by Gasteiger charge is -2.30. The van der Waals surface area contributed by atoms with E-state index in [1.54, 1.807) is 6.92 Å². The number of fused-ring (bicyclic) bond motifs is 1. The second kappa shape index (κ2) is 9.87. The number of carbonyl (C=O) groups excluding carboxylic acids is 1. The van der Waals surface area contributed by atoms with E-state index in [2.05, 4.69) is 21.7 Å². The van der Waals surface area contributed by atoms with Gasteiger partial charge in [0.15, 0.2) is 0 Å². The molecule has 0 radical (unpaired) electrons. The highest BCUT2D eigenvalue weighted by molar-refractivity contribution is 5.90. The zero-order valence-electron chi connectivity index (χ0n) is 17.9. The van der Waals surface area contributed by atoms with Gasteiger partial charge in [0.25, 0.3) is 0 Å². The predicted molar refractivity (Wildman–Crippen MR) is 117 cm³/mol. The van der Waals surface area contributed by atoms with Crippen molar-refractivity contribution in [2.45, 2.75) is 51.7 Å². The van der Waals surface area contributed by atoms with E-state index in [9.17, 15) is 4.79 Å². The SMILES string of the molecule is CCOC(C)C(=O)NC1CCC(CNc2nc(N(C)C)c3ccccc3n2)CC1. The van der Waals surface area contributed by atoms with Crippen LogP contribution in [0.2, 0.25) is 0 Å². The summed E-state index contributed by atoms with van der Waals surface area (Å²) >= 11 is 0. The average Bonchev–Trinajstić information content (AvgIpc) is 2.72. The minimum Gasteiger partial charge on any atom is -0.369 e. The van der Waals surface area contributed by atoms with E-state index in [1.165, 1.54) is 0 Å². The van der Waals surface area contributed by atoms with E-state index in [-0.39, 0.29) is 18.1 Å². The fourth-order valence-electron chi connectivity index (χ4n) is 3.87. The Morgan fingerprint density at radius 3 is 2.62 bits per heavy atom. The lowest BCUT2D eigenvalue weighted by molar-refractivity contribution is -0.132. The van der Waals surface area contributed by atoms with Crippen molar-refractivity contribution in [1.82, 2.24) is 15.3 Å². The maximum atomic E-state index is 12.1. The Balaban J connectivity index is 1.52. The maximum absolute atomic E-state index is 12.1. The van der Waals surface area contributed by atoms with Gasteiger partial charge in [-0.3, -0.25) is 4.79 Å². The Kier molecular flexibility index (Phi) is 7.25. The van der Waals surface area contributed by atoms with Crippen LogP contribution in [0.4, 0.5) is 11.8 Å². The number of para-hydroxylation sites is 1. The zero-order valence-corrected chi connectivity index (χ0v) is 17.9. The summed E-state index contributed by atoms with van der Waals surface area (Å²) in [5, 5.41) is 7.62. The first kappa shape index (κ1) is 21.3. The molecule has 1 aliphatic rings. The molecule has 1 saturated carbocycles. The number of benzene rings is 1. The van der Waals surface area contributed by atoms with Gasteiger partial charge in [0, 0.05) is 38.7 Å². The van der Waals surface area contributed by atoms with Gasteiger partial charge < -0.3 is 20.3 Å². The highest BCUT2D eigenvalue weighted by Gasteiger charge is 2.24. The average molecular weight is 400 g/mol. The minimum absolute atomic E-state index is 0.00537. The van der Waals surface area contributed by atoms with Crippen LogP contribution in [0.15, 0.2) is 24.3 Å². The molecule has 2 aromatic rings. The van der Waals surface area contributed by atoms with E-state index in [4.69, 9.17) is 9.72 Å². The van der Waals surface area contributed by atoms with Gasteiger partial charge in [0.2, 0.25) is 11.9 Å². The van der Waals surface area contributed by atoms with Crippen LogP contribution in [-0.2, 0) is 9.53 Å². The van der Waals surface area contributed by atoms with E-state index < -0.39 is 0 Å². The van der Waals surface area contributed by atoms with Crippen LogP contribution in [0.5, 0.6) is 0 Å². The van der Waals surface area contributed by atoms with Gasteiger partial charge >= 0.3 is 0 Å². The van der Waals surface area contributed by atoms with Gasteiger partial charge in [-0.25, -0.2) is 4.98 Å². The van der Waals surface area contributed by atoms with Gasteiger partial charge in [-0.2, -0.15) is 4.98 Å². The summed E-state index contributed by atoms with van der Waals surface area (Å²) in [6.45, 7) is 5.11. The summed E-state index contributed by atoms with van der Waals surface area (Å²) in [6, 6.07) is 8.33. The summed E-state index contributed by atoms with van der Waals surface area (Å²) in [4.78, 5) is 23.5. The Labute approximate surface area is 173 Å². The van der Waals surface area contributed by atoms with Gasteiger partial charge in [-0.15, -0.1) is 0 Å². The van der Waals surface area contributed by atoms with E-state index in [0.29, 0.717) is 18.5 Å². The van der Waals surface area contributed by atoms with Crippen LogP contribution in [-0.4, -0.2) is 55.3 Å². The first-order valence-electron chi connectivity index (χ1n) is 10.6. The third kappa shape index (κ3) is 5.56. The van der Waals surface area contributed by atoms with Gasteiger partial charge in [0.1, 0.15) is 11.9 Å². The quantitative estimate of drug-likeness (QED) is 0.710. The van der Waals surface area contributed by atoms with Crippen LogP contribution in [0.3, 0.4) is 0 Å². The first-order valence-corrected chi connectivity index (χ1v) is 10.6. The lowest BCUT2D eigenvalue weighted by Crippen LogP contribution is -2.43. The van der Waals surface area contributed by atoms with E-state index in [0.717, 1.165) is 48.9 Å². The van der Waals surface area contributed by atoms with E-state index in [1.807, 2.05) is 44.1 Å². The standard InChI is InChI=1S/C22H33N5O2/c1-5-29-15(2)21(28)24-17-12-10-16(11-13-17)14-23-22-25-19-9-7-6-8-18(19)20(26-22)27(3)4/h6-9,15-17H,5,10-14H2,1-4H3,(H,24,28)(H,23,25,26). The number of nitrogens with zero attached hydrogens (tertiary/aromatic N) is 3. The number of amides is 1. The molecule has 1 atom stereocenters. The summed E-state index contributed by atoms with van der Waals surface area (Å²) in [7, 11) is 4.00. The fourth-order valence-corrected chi connectivity index (χ4v) is 3.87. The summed E-state index contributed by atoms with van der Waals surface area (Å²) in [5.41, 5.74) is 0.948. The zero-order chi connectivity index (χ0) is 20.8. The Bertz CT molecular complexity index is 818. The molecule has 1 fully saturated rings. The molecule has 1 aromatic heterocycles. The Hall–Kier alpha value is -2.41. The van der Waals surface area contributed by atoms with Crippen molar-refractivity contribution in [2.24, 2.45) is 5.92 Å². The van der Waals surface area contributed by atoms with Crippen molar-refractivity contribution in [3.05, 3.63) is 24.3 Å². The van der Waals surface area contributed by atoms with Gasteiger partial charge in [-0.05, 0) is 57.6 Å². The van der Waals surface area contributed by atoms with Crippen molar-refractivity contribution < 1.29 is 9.53 Å². The molecule has 3 rings (SSSR count). The van der Waals surface area contributed by atoms with Crippen LogP contribution in [0.1, 0.15) is 39.5 Å². The monoisotopic (exact) mass is 399 g/mol. The highest BCUT2D eigenvalue weighted by Crippen LogP contribution is 2.26. The van der Waals surface area contributed by atoms with Crippen LogP contribution in [0, 0.1) is 5.92 Å². The minimum atomic E-state index is -0.379. The lowest BCUT2D eigenvalue weighted by atomic mass is 9.86. The predicted octanol–water partition coefficient (Wildman–Crippen LogP) is 3.21. The molecule has 7 nitrogen and oxygen atoms in total. The molecule has 0 aliphatic heterocycles. The molecule has 1 heterocycles. The molecule has 2 N–H and O–H groups in total. The topological polar surface area (TPSA) is 79.4 Å². The number of nitrogens with one attached hydrogen (secondary N) is 2. The van der Waals surface area contributed by atoms with Crippen LogP contribution < -0.4 is 15.5 Å². The number of carbonyl (C=O) groups is 1. The molecular weight excluding hydrogens is 366 g/mol. The fraction of sp³-hybridized carbons (Fsp3) is 0.591. The smallest absolute Gasteiger partial charge is 0.249 e. The Morgan fingerprint density at radius 1 is 1.21 bits per heavy atom. The molecule has 1 amide bonds. The van der Waals surface area contributed by atoms with Gasteiger partial charge in [0.05, 0.1) is 5.52 Å². The number of hydrogen-bond donors (Lipinski definition) is 2. The first-order chi connectivity index (χ1) is 14.0. The molecular formula is C22H33N5O2. The molecule has 7 heteroatoms. The largest absolute Gasteiger partial charge is 0.369 e. The maximum Gasteiger partial charge on any atom is 0.249 e. The molecule has 29 heavy (non-hydrogen) atoms. The van der Waals surface area contributed by atoms with Crippen molar-refractivity contribution in [1.29, 1.82) is 0 Å². The molecule has 1 aliphatic carbocycles. The number of hydrogen-bond acceptors (Lipinski definition) is 6. The van der Waals surface area contributed by atoms with Crippen molar-refractivity contribution >= 4 is 28.6 Å². The molecule has 0 spiro atoms. The third-order valence-electron chi connectivity index (χ3n) is 5.53. The van der Waals surface area contributed by atoms with Gasteiger partial charge in [-0.1, -0.05) is 12.1 Å². The summed E-state index contributed by atoms with van der Waals surface area (Å²) in [5.74, 6) is 2.15. The van der Waals surface area contributed by atoms with Crippen LogP contribution >= 0.6 is 0 Å². The Morgan fingerprint density at radius 2 is 1.93 bits per heavy atom. The molecule has 1 unspecified atom stereocenters. The number of rotatable bonds is 8. The number of ether oxygens (including phenoxy) is 1. The second-order valence-corrected chi connectivity index (χ2v) is 7.99. The van der Waals surface area contributed by atoms with Crippen LogP contribution in [0.25, 0.3) is 10.9 Å². The van der Waals surface area contributed by atoms with Crippen molar-refractivity contribution in [3.8, 4) is 0 Å². The third-order valence-corrected chi connectivity index (χ3v) is 5.53. The van der Waals surface area contributed by atoms with Crippen molar-refractivity contribution in [2.75, 3.05) is 37.5 Å². The number of aromatic nitrogens is 2. The normalized spacial score (nSPS) is 20.3. The molecule has 158 valence electrons. The molecule has 0 bridgehead atoms. The molecule has 0 saturated heterocycles. The second-order valence-electron chi connectivity index (χ2n) is 7.99.